The third-order valence-electron chi connectivity index (χ3n) is 2.49. The highest BCUT2D eigenvalue weighted by Crippen LogP contribution is 2.26. The summed E-state index contributed by atoms with van der Waals surface area (Å²) in [6, 6.07) is 2.98. The molecule has 0 saturated carbocycles. The smallest absolute Gasteiger partial charge is 0.317 e. The first-order valence-electron chi connectivity index (χ1n) is 6.03. The molecular formula is C11H16FN3O4S. The molecule has 0 radical (unpaired) electrons. The van der Waals surface area contributed by atoms with Gasteiger partial charge in [-0.15, -0.1) is 0 Å². The van der Waals surface area contributed by atoms with Gasteiger partial charge in [-0.3, -0.25) is 10.1 Å². The second kappa shape index (κ2) is 7.27. The summed E-state index contributed by atoms with van der Waals surface area (Å²) in [7, 11) is -4.11. The monoisotopic (exact) mass is 305 g/mol. The molecule has 20 heavy (non-hydrogen) atoms. The second-order valence-corrected chi connectivity index (χ2v) is 5.68. The first kappa shape index (κ1) is 16.5. The van der Waals surface area contributed by atoms with Crippen molar-refractivity contribution in [3.05, 3.63) is 34.1 Å². The molecule has 0 amide bonds. The Bertz CT molecular complexity index is 577. The highest BCUT2D eigenvalue weighted by atomic mass is 32.2. The Balaban J connectivity index is 2.88. The molecule has 0 aliphatic rings. The number of rotatable bonds is 8. The summed E-state index contributed by atoms with van der Waals surface area (Å²) in [6.45, 7) is 3.41. The van der Waals surface area contributed by atoms with Gasteiger partial charge in [-0.25, -0.2) is 13.1 Å². The maximum Gasteiger partial charge on any atom is 0.324 e. The van der Waals surface area contributed by atoms with Crippen molar-refractivity contribution < 1.29 is 17.7 Å². The van der Waals surface area contributed by atoms with E-state index in [4.69, 9.17) is 0 Å². The average Bonchev–Trinajstić information content (AvgIpc) is 2.37. The average molecular weight is 305 g/mol. The van der Waals surface area contributed by atoms with E-state index < -0.39 is 31.3 Å². The Labute approximate surface area is 116 Å². The van der Waals surface area contributed by atoms with Crippen LogP contribution in [0.3, 0.4) is 0 Å². The molecule has 0 aliphatic carbocycles. The van der Waals surface area contributed by atoms with Crippen molar-refractivity contribution in [2.45, 2.75) is 18.2 Å². The molecule has 0 unspecified atom stereocenters. The number of halogens is 1. The fourth-order valence-electron chi connectivity index (χ4n) is 1.56. The lowest BCUT2D eigenvalue weighted by Crippen LogP contribution is -2.28. The van der Waals surface area contributed by atoms with Crippen molar-refractivity contribution >= 4 is 15.7 Å². The highest BCUT2D eigenvalue weighted by Gasteiger charge is 2.28. The molecular weight excluding hydrogens is 289 g/mol. The minimum atomic E-state index is -4.11. The molecule has 112 valence electrons. The number of hydrogen-bond donors (Lipinski definition) is 2. The van der Waals surface area contributed by atoms with Gasteiger partial charge in [0.15, 0.2) is 4.90 Å². The third-order valence-corrected chi connectivity index (χ3v) is 3.99. The van der Waals surface area contributed by atoms with Gasteiger partial charge in [0.1, 0.15) is 0 Å². The molecule has 0 aromatic heterocycles. The maximum atomic E-state index is 13.4. The molecule has 0 heterocycles. The van der Waals surface area contributed by atoms with E-state index in [0.717, 1.165) is 24.7 Å². The number of nitrogens with zero attached hydrogens (tertiary/aromatic N) is 1. The van der Waals surface area contributed by atoms with Crippen molar-refractivity contribution in [2.75, 3.05) is 19.6 Å². The Morgan fingerprint density at radius 2 is 2.05 bits per heavy atom. The Morgan fingerprint density at radius 1 is 1.35 bits per heavy atom. The lowest BCUT2D eigenvalue weighted by molar-refractivity contribution is -0.390. The lowest BCUT2D eigenvalue weighted by Gasteiger charge is -2.07. The molecule has 1 rings (SSSR count). The molecule has 0 fully saturated rings. The molecule has 0 saturated heterocycles. The fraction of sp³-hybridized carbons (Fsp3) is 0.455. The van der Waals surface area contributed by atoms with Gasteiger partial charge in [0, 0.05) is 6.54 Å². The number of sulfonamides is 1. The third kappa shape index (κ3) is 4.22. The molecule has 0 atom stereocenters. The van der Waals surface area contributed by atoms with Crippen LogP contribution in [0.25, 0.3) is 0 Å². The van der Waals surface area contributed by atoms with E-state index >= 15 is 0 Å². The number of hydrogen-bond acceptors (Lipinski definition) is 5. The van der Waals surface area contributed by atoms with Crippen molar-refractivity contribution in [3.63, 3.8) is 0 Å². The van der Waals surface area contributed by atoms with Gasteiger partial charge in [0.25, 0.3) is 0 Å². The summed E-state index contributed by atoms with van der Waals surface area (Å²) in [5, 5.41) is 13.8. The van der Waals surface area contributed by atoms with Crippen LogP contribution in [0.2, 0.25) is 0 Å². The number of para-hydroxylation sites is 1. The molecule has 1 aromatic rings. The van der Waals surface area contributed by atoms with Gasteiger partial charge in [0.2, 0.25) is 15.8 Å². The summed E-state index contributed by atoms with van der Waals surface area (Å²) >= 11 is 0. The van der Waals surface area contributed by atoms with Crippen LogP contribution in [0.5, 0.6) is 0 Å². The first-order chi connectivity index (χ1) is 9.40. The van der Waals surface area contributed by atoms with Crippen LogP contribution in [0.4, 0.5) is 10.1 Å². The van der Waals surface area contributed by atoms with Crippen LogP contribution in [-0.4, -0.2) is 33.0 Å². The minimum absolute atomic E-state index is 0.114. The van der Waals surface area contributed by atoms with Crippen LogP contribution < -0.4 is 10.0 Å². The van der Waals surface area contributed by atoms with Crippen LogP contribution in [-0.2, 0) is 10.0 Å². The Morgan fingerprint density at radius 3 is 2.65 bits per heavy atom. The quantitative estimate of drug-likeness (QED) is 0.424. The van der Waals surface area contributed by atoms with Crippen LogP contribution >= 0.6 is 0 Å². The zero-order chi connectivity index (χ0) is 15.2. The lowest BCUT2D eigenvalue weighted by atomic mass is 10.3. The van der Waals surface area contributed by atoms with Crippen LogP contribution in [0, 0.1) is 15.9 Å². The topological polar surface area (TPSA) is 101 Å². The van der Waals surface area contributed by atoms with Crippen LogP contribution in [0.1, 0.15) is 13.3 Å². The van der Waals surface area contributed by atoms with E-state index in [2.05, 4.69) is 10.0 Å². The fourth-order valence-corrected chi connectivity index (χ4v) is 2.82. The van der Waals surface area contributed by atoms with E-state index in [1.54, 1.807) is 0 Å². The predicted octanol–water partition coefficient (Wildman–Crippen LogP) is 1.01. The van der Waals surface area contributed by atoms with Crippen molar-refractivity contribution in [2.24, 2.45) is 0 Å². The van der Waals surface area contributed by atoms with Gasteiger partial charge in [-0.2, -0.15) is 4.39 Å². The van der Waals surface area contributed by atoms with E-state index in [-0.39, 0.29) is 6.54 Å². The number of nitro groups is 1. The van der Waals surface area contributed by atoms with Crippen LogP contribution in [0.15, 0.2) is 23.1 Å². The molecule has 0 spiro atoms. The standard InChI is InChI=1S/C11H16FN3O4S/c1-2-13-7-4-8-14-20(18,19)10-6-3-5-9(12)11(10)15(16)17/h3,5-6,13-14H,2,4,7-8H2,1H3. The highest BCUT2D eigenvalue weighted by molar-refractivity contribution is 7.89. The van der Waals surface area contributed by atoms with Gasteiger partial charge in [0.05, 0.1) is 4.92 Å². The molecule has 7 nitrogen and oxygen atoms in total. The molecule has 1 aromatic carbocycles. The number of nitro benzene ring substituents is 1. The summed E-state index contributed by atoms with van der Waals surface area (Å²) in [5.74, 6) is -1.18. The number of benzene rings is 1. The van der Waals surface area contributed by atoms with Gasteiger partial charge < -0.3 is 5.32 Å². The number of nitrogens with one attached hydrogen (secondary N) is 2. The van der Waals surface area contributed by atoms with E-state index in [1.807, 2.05) is 6.92 Å². The maximum absolute atomic E-state index is 13.4. The molecule has 0 bridgehead atoms. The van der Waals surface area contributed by atoms with Gasteiger partial charge in [-0.05, 0) is 31.6 Å². The van der Waals surface area contributed by atoms with Crippen molar-refractivity contribution in [1.82, 2.24) is 10.0 Å². The van der Waals surface area contributed by atoms with E-state index in [1.165, 1.54) is 0 Å². The van der Waals surface area contributed by atoms with Crippen molar-refractivity contribution in [1.29, 1.82) is 0 Å². The van der Waals surface area contributed by atoms with Gasteiger partial charge in [-0.1, -0.05) is 13.0 Å². The minimum Gasteiger partial charge on any atom is -0.317 e. The normalized spacial score (nSPS) is 11.5. The van der Waals surface area contributed by atoms with E-state index in [0.29, 0.717) is 13.0 Å². The van der Waals surface area contributed by atoms with E-state index in [9.17, 15) is 22.9 Å². The molecule has 0 aliphatic heterocycles. The predicted molar refractivity (Wildman–Crippen MR) is 71.4 cm³/mol. The summed E-state index contributed by atoms with van der Waals surface area (Å²) in [5.41, 5.74) is -1.04. The first-order valence-corrected chi connectivity index (χ1v) is 7.51. The largest absolute Gasteiger partial charge is 0.324 e. The Kier molecular flexibility index (Phi) is 5.99. The summed E-state index contributed by atoms with van der Waals surface area (Å²) in [4.78, 5) is 9.07. The SMILES string of the molecule is CCNCCCNS(=O)(=O)c1cccc(F)c1[N+](=O)[O-]. The summed E-state index contributed by atoms with van der Waals surface area (Å²) in [6.07, 6.45) is 0.524. The molecule has 9 heteroatoms. The van der Waals surface area contributed by atoms with Gasteiger partial charge >= 0.3 is 5.69 Å². The molecule has 2 N–H and O–H groups in total. The Hall–Kier alpha value is -1.58. The zero-order valence-electron chi connectivity index (χ0n) is 10.9. The zero-order valence-corrected chi connectivity index (χ0v) is 11.7. The second-order valence-electron chi connectivity index (χ2n) is 3.95. The summed E-state index contributed by atoms with van der Waals surface area (Å²) < 4.78 is 39.5. The van der Waals surface area contributed by atoms with Crippen molar-refractivity contribution in [3.8, 4) is 0 Å².